The molecule has 0 amide bonds. The minimum atomic E-state index is -3.70. The van der Waals surface area contributed by atoms with Crippen molar-refractivity contribution in [3.05, 3.63) is 0 Å². The van der Waals surface area contributed by atoms with Gasteiger partial charge in [-0.3, -0.25) is 4.79 Å². The van der Waals surface area contributed by atoms with Crippen LogP contribution in [-0.4, -0.2) is 25.2 Å². The van der Waals surface area contributed by atoms with Crippen LogP contribution < -0.4 is 0 Å². The number of carboxylic acid groups (broad SMARTS) is 1. The van der Waals surface area contributed by atoms with Crippen molar-refractivity contribution in [1.82, 2.24) is 0 Å². The van der Waals surface area contributed by atoms with E-state index >= 15 is 0 Å². The van der Waals surface area contributed by atoms with Gasteiger partial charge in [0.15, 0.2) is 0 Å². The molecule has 4 nitrogen and oxygen atoms in total. The van der Waals surface area contributed by atoms with Crippen molar-refractivity contribution in [2.75, 3.05) is 5.75 Å². The molecule has 70 valence electrons. The van der Waals surface area contributed by atoms with Gasteiger partial charge in [-0.1, -0.05) is 6.42 Å². The standard InChI is InChI=1S/C6H9ClO4S/c7-12(10,11)4-6(5(8)9)2-1-3-6/h1-4H2,(H,8,9). The van der Waals surface area contributed by atoms with Crippen molar-refractivity contribution in [3.63, 3.8) is 0 Å². The minimum Gasteiger partial charge on any atom is -0.481 e. The van der Waals surface area contributed by atoms with Crippen LogP contribution in [0.2, 0.25) is 0 Å². The van der Waals surface area contributed by atoms with E-state index in [9.17, 15) is 13.2 Å². The predicted octanol–water partition coefficient (Wildman–Crippen LogP) is 0.810. The fraction of sp³-hybridized carbons (Fsp3) is 0.833. The van der Waals surface area contributed by atoms with E-state index in [1.807, 2.05) is 0 Å². The van der Waals surface area contributed by atoms with Crippen LogP contribution in [0, 0.1) is 5.41 Å². The largest absolute Gasteiger partial charge is 0.481 e. The fourth-order valence-corrected chi connectivity index (χ4v) is 3.05. The van der Waals surface area contributed by atoms with Gasteiger partial charge in [0.05, 0.1) is 11.2 Å². The van der Waals surface area contributed by atoms with Crippen LogP contribution in [0.5, 0.6) is 0 Å². The summed E-state index contributed by atoms with van der Waals surface area (Å²) < 4.78 is 21.3. The molecule has 1 aliphatic rings. The van der Waals surface area contributed by atoms with Crippen LogP contribution in [0.4, 0.5) is 0 Å². The van der Waals surface area contributed by atoms with E-state index in [-0.39, 0.29) is 0 Å². The SMILES string of the molecule is O=C(O)C1(CS(=O)(=O)Cl)CCC1. The van der Waals surface area contributed by atoms with Crippen LogP contribution >= 0.6 is 10.7 Å². The highest BCUT2D eigenvalue weighted by Gasteiger charge is 2.47. The molecule has 1 aliphatic carbocycles. The molecule has 0 atom stereocenters. The lowest BCUT2D eigenvalue weighted by Crippen LogP contribution is -2.42. The second kappa shape index (κ2) is 2.88. The average Bonchev–Trinajstić information content (AvgIpc) is 1.75. The molecule has 0 aromatic carbocycles. The Morgan fingerprint density at radius 2 is 2.00 bits per heavy atom. The Kier molecular flexibility index (Phi) is 2.35. The molecule has 1 N–H and O–H groups in total. The van der Waals surface area contributed by atoms with Crippen molar-refractivity contribution in [3.8, 4) is 0 Å². The molecule has 1 rings (SSSR count). The summed E-state index contributed by atoms with van der Waals surface area (Å²) in [5.74, 6) is -1.50. The van der Waals surface area contributed by atoms with E-state index in [1.54, 1.807) is 0 Å². The van der Waals surface area contributed by atoms with E-state index in [0.29, 0.717) is 12.8 Å². The number of hydrogen-bond donors (Lipinski definition) is 1. The van der Waals surface area contributed by atoms with Gasteiger partial charge in [0, 0.05) is 10.7 Å². The Bertz CT molecular complexity index is 291. The zero-order chi connectivity index (χ0) is 9.41. The molecule has 0 saturated heterocycles. The maximum Gasteiger partial charge on any atom is 0.310 e. The van der Waals surface area contributed by atoms with Crippen molar-refractivity contribution >= 4 is 25.7 Å². The smallest absolute Gasteiger partial charge is 0.310 e. The summed E-state index contributed by atoms with van der Waals surface area (Å²) in [5.41, 5.74) is -1.10. The van der Waals surface area contributed by atoms with E-state index in [1.165, 1.54) is 0 Å². The molecular formula is C6H9ClO4S. The predicted molar refractivity (Wildman–Crippen MR) is 43.6 cm³/mol. The third-order valence-corrected chi connectivity index (χ3v) is 3.44. The van der Waals surface area contributed by atoms with E-state index < -0.39 is 26.2 Å². The Morgan fingerprint density at radius 1 is 1.50 bits per heavy atom. The lowest BCUT2D eigenvalue weighted by atomic mass is 9.70. The van der Waals surface area contributed by atoms with Crippen molar-refractivity contribution in [1.29, 1.82) is 0 Å². The molecule has 12 heavy (non-hydrogen) atoms. The summed E-state index contributed by atoms with van der Waals surface area (Å²) in [4.78, 5) is 10.7. The van der Waals surface area contributed by atoms with Crippen LogP contribution in [0.15, 0.2) is 0 Å². The number of hydrogen-bond acceptors (Lipinski definition) is 3. The lowest BCUT2D eigenvalue weighted by Gasteiger charge is -2.36. The van der Waals surface area contributed by atoms with Gasteiger partial charge in [-0.05, 0) is 12.8 Å². The summed E-state index contributed by atoms with van der Waals surface area (Å²) in [7, 11) is 1.29. The van der Waals surface area contributed by atoms with Gasteiger partial charge in [0.2, 0.25) is 9.05 Å². The average molecular weight is 213 g/mol. The lowest BCUT2D eigenvalue weighted by molar-refractivity contribution is -0.152. The Balaban J connectivity index is 2.76. The van der Waals surface area contributed by atoms with E-state index in [2.05, 4.69) is 0 Å². The van der Waals surface area contributed by atoms with Gasteiger partial charge in [-0.2, -0.15) is 0 Å². The zero-order valence-corrected chi connectivity index (χ0v) is 7.86. The summed E-state index contributed by atoms with van der Waals surface area (Å²) in [6.45, 7) is 0. The maximum atomic E-state index is 10.7. The molecule has 0 bridgehead atoms. The number of carboxylic acids is 1. The molecule has 0 radical (unpaired) electrons. The first kappa shape index (κ1) is 9.80. The molecule has 1 saturated carbocycles. The Morgan fingerprint density at radius 3 is 2.08 bits per heavy atom. The number of halogens is 1. The second-order valence-corrected chi connectivity index (χ2v) is 5.90. The molecular weight excluding hydrogens is 204 g/mol. The van der Waals surface area contributed by atoms with Crippen LogP contribution in [0.3, 0.4) is 0 Å². The number of aliphatic carboxylic acids is 1. The van der Waals surface area contributed by atoms with E-state index in [0.717, 1.165) is 6.42 Å². The molecule has 0 heterocycles. The topological polar surface area (TPSA) is 71.4 Å². The normalized spacial score (nSPS) is 21.4. The van der Waals surface area contributed by atoms with Gasteiger partial charge in [0.25, 0.3) is 0 Å². The summed E-state index contributed by atoms with van der Waals surface area (Å²) in [6.07, 6.45) is 1.58. The molecule has 0 aromatic heterocycles. The zero-order valence-electron chi connectivity index (χ0n) is 6.29. The highest BCUT2D eigenvalue weighted by Crippen LogP contribution is 2.42. The first-order chi connectivity index (χ1) is 5.36. The monoisotopic (exact) mass is 212 g/mol. The summed E-state index contributed by atoms with van der Waals surface area (Å²) >= 11 is 0. The summed E-state index contributed by atoms with van der Waals surface area (Å²) in [5, 5.41) is 8.72. The minimum absolute atomic E-state index is 0.411. The third kappa shape index (κ3) is 1.90. The molecule has 0 aromatic rings. The van der Waals surface area contributed by atoms with Gasteiger partial charge in [-0.15, -0.1) is 0 Å². The Labute approximate surface area is 74.9 Å². The van der Waals surface area contributed by atoms with Gasteiger partial charge in [0.1, 0.15) is 0 Å². The van der Waals surface area contributed by atoms with Crippen molar-refractivity contribution in [2.24, 2.45) is 5.41 Å². The van der Waals surface area contributed by atoms with Crippen LogP contribution in [0.25, 0.3) is 0 Å². The van der Waals surface area contributed by atoms with Gasteiger partial charge in [-0.25, -0.2) is 8.42 Å². The maximum absolute atomic E-state index is 10.7. The van der Waals surface area contributed by atoms with Gasteiger partial charge < -0.3 is 5.11 Å². The third-order valence-electron chi connectivity index (χ3n) is 2.21. The number of rotatable bonds is 3. The number of carbonyl (C=O) groups is 1. The highest BCUT2D eigenvalue weighted by molar-refractivity contribution is 8.13. The summed E-state index contributed by atoms with van der Waals surface area (Å²) in [6, 6.07) is 0. The molecule has 0 aliphatic heterocycles. The first-order valence-corrected chi connectivity index (χ1v) is 5.99. The molecule has 0 spiro atoms. The molecule has 1 fully saturated rings. The molecule has 6 heteroatoms. The van der Waals surface area contributed by atoms with Crippen molar-refractivity contribution in [2.45, 2.75) is 19.3 Å². The van der Waals surface area contributed by atoms with Crippen molar-refractivity contribution < 1.29 is 18.3 Å². The quantitative estimate of drug-likeness (QED) is 0.703. The highest BCUT2D eigenvalue weighted by atomic mass is 35.7. The van der Waals surface area contributed by atoms with Crippen LogP contribution in [0.1, 0.15) is 19.3 Å². The van der Waals surface area contributed by atoms with E-state index in [4.69, 9.17) is 15.8 Å². The fourth-order valence-electron chi connectivity index (χ4n) is 1.35. The first-order valence-electron chi connectivity index (χ1n) is 3.51. The van der Waals surface area contributed by atoms with Crippen LogP contribution in [-0.2, 0) is 13.8 Å². The Hall–Kier alpha value is -0.290. The van der Waals surface area contributed by atoms with Gasteiger partial charge >= 0.3 is 5.97 Å². The molecule has 0 unspecified atom stereocenters. The second-order valence-electron chi connectivity index (χ2n) is 3.12.